The first-order chi connectivity index (χ1) is 8.29. The number of hydrogen-bond donors (Lipinski definition) is 1. The Bertz CT molecular complexity index is 396. The van der Waals surface area contributed by atoms with Gasteiger partial charge in [-0.25, -0.2) is 0 Å². The Kier molecular flexibility index (Phi) is 3.84. The van der Waals surface area contributed by atoms with Crippen molar-refractivity contribution in [1.82, 2.24) is 5.32 Å². The summed E-state index contributed by atoms with van der Waals surface area (Å²) in [7, 11) is 0. The van der Waals surface area contributed by atoms with Crippen molar-refractivity contribution >= 4 is 53.7 Å². The minimum absolute atomic E-state index is 0.0307. The lowest BCUT2D eigenvalue weighted by Crippen LogP contribution is -2.72. The summed E-state index contributed by atoms with van der Waals surface area (Å²) < 4.78 is 0.222. The van der Waals surface area contributed by atoms with Gasteiger partial charge in [0.1, 0.15) is 0 Å². The summed E-state index contributed by atoms with van der Waals surface area (Å²) in [6.45, 7) is 8.61. The molecule has 18 heavy (non-hydrogen) atoms. The highest BCUT2D eigenvalue weighted by atomic mass is 79.9. The van der Waals surface area contributed by atoms with E-state index in [4.69, 9.17) is 0 Å². The second-order valence-electron chi connectivity index (χ2n) is 5.80. The average molecular weight is 444 g/mol. The fraction of sp³-hybridized carbons (Fsp3) is 0.769. The maximum absolute atomic E-state index is 12.5. The molecule has 2 bridgehead atoms. The van der Waals surface area contributed by atoms with Crippen LogP contribution in [0.15, 0.2) is 12.7 Å². The molecule has 3 aliphatic rings. The molecule has 102 valence electrons. The van der Waals surface area contributed by atoms with Crippen LogP contribution in [0.5, 0.6) is 0 Å². The Morgan fingerprint density at radius 3 is 2.50 bits per heavy atom. The molecule has 0 heterocycles. The highest BCUT2D eigenvalue weighted by Gasteiger charge is 2.83. The number of alkyl halides is 3. The second-order valence-corrected chi connectivity index (χ2v) is 9.77. The van der Waals surface area contributed by atoms with E-state index in [-0.39, 0.29) is 30.7 Å². The SMILES string of the molecule is C=CCNC(=O)[C@]12CC[C@@](C(Br)Br)([C@H]1Br)C2(C)C. The van der Waals surface area contributed by atoms with Gasteiger partial charge in [0.15, 0.2) is 0 Å². The number of amides is 1. The molecule has 1 amide bonds. The van der Waals surface area contributed by atoms with Crippen molar-refractivity contribution in [3.63, 3.8) is 0 Å². The first kappa shape index (κ1) is 15.0. The molecule has 0 spiro atoms. The number of hydrogen-bond acceptors (Lipinski definition) is 1. The zero-order valence-corrected chi connectivity index (χ0v) is 15.4. The summed E-state index contributed by atoms with van der Waals surface area (Å²) >= 11 is 11.1. The van der Waals surface area contributed by atoms with E-state index >= 15 is 0 Å². The van der Waals surface area contributed by atoms with Crippen LogP contribution >= 0.6 is 47.8 Å². The standard InChI is InChI=1S/C13H18Br3NO/c1-4-7-17-10(18)13-6-5-12(8(13)14,9(15)16)11(13,2)3/h4,8-9H,1,5-7H2,2-3H3,(H,17,18)/t8-,12+,13+/m1/s1. The van der Waals surface area contributed by atoms with E-state index in [2.05, 4.69) is 73.5 Å². The lowest BCUT2D eigenvalue weighted by atomic mass is 9.43. The maximum atomic E-state index is 12.5. The van der Waals surface area contributed by atoms with E-state index in [1.54, 1.807) is 6.08 Å². The molecule has 1 N–H and O–H groups in total. The van der Waals surface area contributed by atoms with Crippen LogP contribution in [0, 0.1) is 16.2 Å². The lowest BCUT2D eigenvalue weighted by molar-refractivity contribution is -0.161. The van der Waals surface area contributed by atoms with Gasteiger partial charge in [-0.1, -0.05) is 67.7 Å². The van der Waals surface area contributed by atoms with Crippen molar-refractivity contribution in [2.24, 2.45) is 16.2 Å². The van der Waals surface area contributed by atoms with E-state index in [1.165, 1.54) is 0 Å². The Morgan fingerprint density at radius 2 is 2.11 bits per heavy atom. The van der Waals surface area contributed by atoms with Crippen LogP contribution in [-0.4, -0.2) is 21.0 Å². The molecule has 3 aliphatic carbocycles. The van der Waals surface area contributed by atoms with Crippen molar-refractivity contribution in [2.45, 2.75) is 35.3 Å². The summed E-state index contributed by atoms with van der Waals surface area (Å²) in [6, 6.07) is 0. The van der Waals surface area contributed by atoms with Gasteiger partial charge in [-0.3, -0.25) is 4.79 Å². The van der Waals surface area contributed by atoms with Gasteiger partial charge in [0.05, 0.1) is 9.15 Å². The first-order valence-corrected chi connectivity index (χ1v) is 8.85. The van der Waals surface area contributed by atoms with Gasteiger partial charge in [0, 0.05) is 16.8 Å². The average Bonchev–Trinajstić information content (AvgIpc) is 2.75. The number of nitrogens with one attached hydrogen (secondary N) is 1. The van der Waals surface area contributed by atoms with E-state index in [1.807, 2.05) is 0 Å². The molecule has 0 unspecified atom stereocenters. The van der Waals surface area contributed by atoms with E-state index in [9.17, 15) is 4.79 Å². The largest absolute Gasteiger partial charge is 0.352 e. The normalized spacial score (nSPS) is 40.4. The van der Waals surface area contributed by atoms with Gasteiger partial charge in [-0.05, 0) is 18.3 Å². The zero-order valence-electron chi connectivity index (χ0n) is 10.6. The smallest absolute Gasteiger partial charge is 0.228 e. The van der Waals surface area contributed by atoms with Crippen molar-refractivity contribution in [1.29, 1.82) is 0 Å². The Hall–Kier alpha value is 0.650. The molecule has 0 aromatic rings. The van der Waals surface area contributed by atoms with E-state index in [0.717, 1.165) is 12.8 Å². The Morgan fingerprint density at radius 1 is 1.50 bits per heavy atom. The molecule has 0 aromatic carbocycles. The topological polar surface area (TPSA) is 29.1 Å². The molecule has 3 fully saturated rings. The third kappa shape index (κ3) is 1.42. The number of halogens is 3. The summed E-state index contributed by atoms with van der Waals surface area (Å²) in [5, 5.41) is 2.98. The van der Waals surface area contributed by atoms with Crippen LogP contribution in [-0.2, 0) is 4.79 Å². The highest BCUT2D eigenvalue weighted by molar-refractivity contribution is 9.24. The number of rotatable bonds is 4. The number of carbonyl (C=O) groups is 1. The van der Waals surface area contributed by atoms with Gasteiger partial charge >= 0.3 is 0 Å². The first-order valence-electron chi connectivity index (χ1n) is 6.10. The van der Waals surface area contributed by atoms with Crippen molar-refractivity contribution in [3.05, 3.63) is 12.7 Å². The molecule has 0 radical (unpaired) electrons. The Balaban J connectivity index is 2.33. The van der Waals surface area contributed by atoms with E-state index in [0.29, 0.717) is 6.54 Å². The van der Waals surface area contributed by atoms with Crippen molar-refractivity contribution in [3.8, 4) is 0 Å². The monoisotopic (exact) mass is 441 g/mol. The predicted octanol–water partition coefficient (Wildman–Crippen LogP) is 3.97. The predicted molar refractivity (Wildman–Crippen MR) is 85.4 cm³/mol. The maximum Gasteiger partial charge on any atom is 0.228 e. The molecule has 3 rings (SSSR count). The van der Waals surface area contributed by atoms with Crippen molar-refractivity contribution < 1.29 is 4.79 Å². The van der Waals surface area contributed by atoms with Gasteiger partial charge in [0.25, 0.3) is 0 Å². The van der Waals surface area contributed by atoms with Gasteiger partial charge in [0.2, 0.25) is 5.91 Å². The zero-order chi connectivity index (χ0) is 13.8. The molecule has 0 aromatic heterocycles. The summed E-state index contributed by atoms with van der Waals surface area (Å²) in [6.07, 6.45) is 3.72. The molecule has 0 aliphatic heterocycles. The van der Waals surface area contributed by atoms with Crippen LogP contribution < -0.4 is 5.32 Å². The van der Waals surface area contributed by atoms with Crippen LogP contribution in [0.4, 0.5) is 0 Å². The lowest BCUT2D eigenvalue weighted by Gasteiger charge is -2.66. The molecule has 5 heteroatoms. The minimum Gasteiger partial charge on any atom is -0.352 e. The third-order valence-electron chi connectivity index (χ3n) is 5.30. The van der Waals surface area contributed by atoms with Crippen LogP contribution in [0.25, 0.3) is 0 Å². The molecular weight excluding hydrogens is 426 g/mol. The van der Waals surface area contributed by atoms with Gasteiger partial charge in [-0.15, -0.1) is 6.58 Å². The number of carbonyl (C=O) groups excluding carboxylic acids is 1. The summed E-state index contributed by atoms with van der Waals surface area (Å²) in [4.78, 5) is 12.7. The fourth-order valence-electron chi connectivity index (χ4n) is 4.02. The van der Waals surface area contributed by atoms with Gasteiger partial charge in [-0.2, -0.15) is 0 Å². The molecule has 3 saturated carbocycles. The quantitative estimate of drug-likeness (QED) is 0.517. The molecular formula is C13H18Br3NO. The minimum atomic E-state index is -0.296. The second kappa shape index (κ2) is 4.59. The summed E-state index contributed by atoms with van der Waals surface area (Å²) in [5.41, 5.74) is -0.231. The fourth-order valence-corrected chi connectivity index (χ4v) is 8.94. The van der Waals surface area contributed by atoms with Gasteiger partial charge < -0.3 is 5.32 Å². The Labute approximate surface area is 134 Å². The summed E-state index contributed by atoms with van der Waals surface area (Å²) in [5.74, 6) is 0.156. The highest BCUT2D eigenvalue weighted by Crippen LogP contribution is 2.82. The van der Waals surface area contributed by atoms with Crippen LogP contribution in [0.1, 0.15) is 26.7 Å². The van der Waals surface area contributed by atoms with Crippen LogP contribution in [0.3, 0.4) is 0 Å². The number of fused-ring (bicyclic) bond motifs is 1. The third-order valence-corrected chi connectivity index (χ3v) is 8.53. The van der Waals surface area contributed by atoms with Crippen molar-refractivity contribution in [2.75, 3.05) is 6.54 Å². The van der Waals surface area contributed by atoms with E-state index < -0.39 is 0 Å². The molecule has 0 saturated heterocycles. The molecule has 3 atom stereocenters. The van der Waals surface area contributed by atoms with Crippen LogP contribution in [0.2, 0.25) is 0 Å². The molecule has 2 nitrogen and oxygen atoms in total.